The van der Waals surface area contributed by atoms with E-state index in [0.29, 0.717) is 31.7 Å². The second-order valence-corrected chi connectivity index (χ2v) is 7.43. The summed E-state index contributed by atoms with van der Waals surface area (Å²) in [4.78, 5) is 18.9. The molecule has 7 heteroatoms. The van der Waals surface area contributed by atoms with Crippen LogP contribution < -0.4 is 10.6 Å². The first-order chi connectivity index (χ1) is 14.0. The van der Waals surface area contributed by atoms with E-state index in [2.05, 4.69) is 27.8 Å². The Morgan fingerprint density at radius 1 is 0.967 bits per heavy atom. The van der Waals surface area contributed by atoms with Crippen molar-refractivity contribution in [3.05, 3.63) is 71.3 Å². The highest BCUT2D eigenvalue weighted by Crippen LogP contribution is 2.15. The molecule has 0 saturated carbocycles. The first-order valence-corrected chi connectivity index (χ1v) is 10.1. The van der Waals surface area contributed by atoms with Gasteiger partial charge in [0, 0.05) is 38.8 Å². The summed E-state index contributed by atoms with van der Waals surface area (Å²) in [6.07, 6.45) is 0.141. The van der Waals surface area contributed by atoms with Crippen LogP contribution in [-0.4, -0.2) is 49.1 Å². The molecule has 30 heavy (non-hydrogen) atoms. The van der Waals surface area contributed by atoms with Crippen LogP contribution >= 0.6 is 24.0 Å². The average Bonchev–Trinajstić information content (AvgIpc) is 2.74. The Hall–Kier alpha value is -2.13. The van der Waals surface area contributed by atoms with Crippen LogP contribution in [0.4, 0.5) is 0 Å². The third-order valence-electron chi connectivity index (χ3n) is 4.89. The highest BCUT2D eigenvalue weighted by atomic mass is 127. The lowest BCUT2D eigenvalue weighted by atomic mass is 10.1. The van der Waals surface area contributed by atoms with Gasteiger partial charge in [-0.25, -0.2) is 0 Å². The topological polar surface area (TPSA) is 66.0 Å². The molecule has 2 aromatic rings. The minimum absolute atomic E-state index is 0. The first-order valence-electron chi connectivity index (χ1n) is 10.1. The van der Waals surface area contributed by atoms with Gasteiger partial charge in [-0.2, -0.15) is 0 Å². The summed E-state index contributed by atoms with van der Waals surface area (Å²) in [5.74, 6) is 0.803. The Morgan fingerprint density at radius 2 is 1.50 bits per heavy atom. The first kappa shape index (κ1) is 24.1. The number of hydrogen-bond acceptors (Lipinski definition) is 3. The third-order valence-corrected chi connectivity index (χ3v) is 4.89. The molecule has 1 saturated heterocycles. The molecule has 0 spiro atoms. The van der Waals surface area contributed by atoms with Crippen LogP contribution in [0, 0.1) is 0 Å². The van der Waals surface area contributed by atoms with Gasteiger partial charge in [0.15, 0.2) is 5.96 Å². The number of halogens is 1. The zero-order valence-corrected chi connectivity index (χ0v) is 20.1. The Balaban J connectivity index is 0.00000320. The molecule has 0 radical (unpaired) electrons. The number of guanidine groups is 1. The minimum Gasteiger partial charge on any atom is -0.372 e. The van der Waals surface area contributed by atoms with Crippen molar-refractivity contribution in [1.29, 1.82) is 0 Å². The van der Waals surface area contributed by atoms with E-state index in [1.165, 1.54) is 5.56 Å². The number of morpholine rings is 1. The number of ether oxygens (including phenoxy) is 1. The van der Waals surface area contributed by atoms with Crippen molar-refractivity contribution in [1.82, 2.24) is 15.5 Å². The molecule has 1 fully saturated rings. The molecule has 1 amide bonds. The van der Waals surface area contributed by atoms with Gasteiger partial charge in [0.25, 0.3) is 5.91 Å². The number of amides is 1. The van der Waals surface area contributed by atoms with Gasteiger partial charge < -0.3 is 20.3 Å². The van der Waals surface area contributed by atoms with E-state index in [9.17, 15) is 4.79 Å². The van der Waals surface area contributed by atoms with Gasteiger partial charge in [-0.1, -0.05) is 42.5 Å². The molecule has 6 nitrogen and oxygen atoms in total. The number of benzene rings is 2. The molecular formula is C23H31IN4O2. The maximum atomic E-state index is 12.8. The molecule has 0 bridgehead atoms. The van der Waals surface area contributed by atoms with E-state index in [1.807, 2.05) is 61.2 Å². The smallest absolute Gasteiger partial charge is 0.254 e. The number of carbonyl (C=O) groups excluding carboxylic acids is 1. The fourth-order valence-corrected chi connectivity index (χ4v) is 3.48. The predicted octanol–water partition coefficient (Wildman–Crippen LogP) is 3.42. The largest absolute Gasteiger partial charge is 0.372 e. The van der Waals surface area contributed by atoms with Crippen LogP contribution in [0.1, 0.15) is 35.3 Å². The van der Waals surface area contributed by atoms with E-state index in [-0.39, 0.29) is 42.1 Å². The van der Waals surface area contributed by atoms with Gasteiger partial charge in [0.1, 0.15) is 0 Å². The Morgan fingerprint density at radius 3 is 2.03 bits per heavy atom. The summed E-state index contributed by atoms with van der Waals surface area (Å²) >= 11 is 0. The van der Waals surface area contributed by atoms with E-state index < -0.39 is 0 Å². The zero-order valence-electron chi connectivity index (χ0n) is 17.8. The highest BCUT2D eigenvalue weighted by Gasteiger charge is 2.26. The SMILES string of the molecule is CN=C(NCc1ccccc1)NCc1ccc(C(=O)N2CC(C)OC(C)C2)cc1.I. The maximum Gasteiger partial charge on any atom is 0.254 e. The summed E-state index contributed by atoms with van der Waals surface area (Å²) < 4.78 is 5.72. The summed E-state index contributed by atoms with van der Waals surface area (Å²) in [6.45, 7) is 6.62. The number of hydrogen-bond donors (Lipinski definition) is 2. The number of carbonyl (C=O) groups is 1. The van der Waals surface area contributed by atoms with Crippen LogP contribution in [0.5, 0.6) is 0 Å². The summed E-state index contributed by atoms with van der Waals surface area (Å²) in [6, 6.07) is 18.0. The van der Waals surface area contributed by atoms with Crippen molar-refractivity contribution >= 4 is 35.8 Å². The molecule has 2 aromatic carbocycles. The second-order valence-electron chi connectivity index (χ2n) is 7.43. The molecule has 3 rings (SSSR count). The summed E-state index contributed by atoms with van der Waals surface area (Å²) in [5.41, 5.74) is 3.00. The molecule has 2 atom stereocenters. The second kappa shape index (κ2) is 11.9. The van der Waals surface area contributed by atoms with Crippen molar-refractivity contribution in [2.24, 2.45) is 4.99 Å². The predicted molar refractivity (Wildman–Crippen MR) is 131 cm³/mol. The molecule has 0 aromatic heterocycles. The van der Waals surface area contributed by atoms with Crippen LogP contribution in [-0.2, 0) is 17.8 Å². The summed E-state index contributed by atoms with van der Waals surface area (Å²) in [5, 5.41) is 6.61. The Bertz CT molecular complexity index is 817. The molecule has 1 heterocycles. The highest BCUT2D eigenvalue weighted by molar-refractivity contribution is 14.0. The molecule has 1 aliphatic heterocycles. The lowest BCUT2D eigenvalue weighted by molar-refractivity contribution is -0.0586. The number of aliphatic imine (C=N–C) groups is 1. The van der Waals surface area contributed by atoms with Crippen molar-refractivity contribution in [3.63, 3.8) is 0 Å². The molecule has 2 N–H and O–H groups in total. The molecule has 0 aliphatic carbocycles. The van der Waals surface area contributed by atoms with Crippen molar-refractivity contribution in [3.8, 4) is 0 Å². The maximum absolute atomic E-state index is 12.8. The van der Waals surface area contributed by atoms with Crippen LogP contribution in [0.25, 0.3) is 0 Å². The van der Waals surface area contributed by atoms with Crippen LogP contribution in [0.3, 0.4) is 0 Å². The fraction of sp³-hybridized carbons (Fsp3) is 0.391. The fourth-order valence-electron chi connectivity index (χ4n) is 3.48. The summed E-state index contributed by atoms with van der Waals surface area (Å²) in [7, 11) is 1.76. The number of nitrogens with zero attached hydrogens (tertiary/aromatic N) is 2. The van der Waals surface area contributed by atoms with Crippen LogP contribution in [0.15, 0.2) is 59.6 Å². The van der Waals surface area contributed by atoms with Crippen molar-refractivity contribution in [2.75, 3.05) is 20.1 Å². The van der Waals surface area contributed by atoms with Gasteiger partial charge in [0.2, 0.25) is 0 Å². The van der Waals surface area contributed by atoms with E-state index in [4.69, 9.17) is 4.74 Å². The quantitative estimate of drug-likeness (QED) is 0.359. The lowest BCUT2D eigenvalue weighted by Crippen LogP contribution is -2.48. The molecule has 162 valence electrons. The normalized spacial score (nSPS) is 19.0. The van der Waals surface area contributed by atoms with Gasteiger partial charge >= 0.3 is 0 Å². The average molecular weight is 522 g/mol. The monoisotopic (exact) mass is 522 g/mol. The van der Waals surface area contributed by atoms with Crippen molar-refractivity contribution < 1.29 is 9.53 Å². The molecule has 1 aliphatic rings. The lowest BCUT2D eigenvalue weighted by Gasteiger charge is -2.35. The van der Waals surface area contributed by atoms with E-state index >= 15 is 0 Å². The van der Waals surface area contributed by atoms with E-state index in [1.54, 1.807) is 7.05 Å². The molecule has 2 unspecified atom stereocenters. The van der Waals surface area contributed by atoms with Gasteiger partial charge in [-0.15, -0.1) is 24.0 Å². The Labute approximate surface area is 196 Å². The standard InChI is InChI=1S/C23H30N4O2.HI/c1-17-15-27(16-18(2)29-17)22(28)21-11-9-20(10-12-21)14-26-23(24-3)25-13-19-7-5-4-6-8-19;/h4-12,17-18H,13-16H2,1-3H3,(H2,24,25,26);1H. The number of rotatable bonds is 5. The van der Waals surface area contributed by atoms with Crippen LogP contribution in [0.2, 0.25) is 0 Å². The minimum atomic E-state index is 0. The number of nitrogens with one attached hydrogen (secondary N) is 2. The van der Waals surface area contributed by atoms with Gasteiger partial charge in [-0.05, 0) is 37.1 Å². The third kappa shape index (κ3) is 6.98. The van der Waals surface area contributed by atoms with Gasteiger partial charge in [-0.3, -0.25) is 9.79 Å². The van der Waals surface area contributed by atoms with Crippen molar-refractivity contribution in [2.45, 2.75) is 39.1 Å². The Kier molecular flexibility index (Phi) is 9.58. The molecular weight excluding hydrogens is 491 g/mol. The van der Waals surface area contributed by atoms with E-state index in [0.717, 1.165) is 11.5 Å². The van der Waals surface area contributed by atoms with Gasteiger partial charge in [0.05, 0.1) is 12.2 Å². The zero-order chi connectivity index (χ0) is 20.6.